The summed E-state index contributed by atoms with van der Waals surface area (Å²) >= 11 is 0. The molecule has 0 radical (unpaired) electrons. The first-order valence-electron chi connectivity index (χ1n) is 21.1. The Morgan fingerprint density at radius 2 is 1.53 bits per heavy atom. The van der Waals surface area contributed by atoms with Crippen molar-refractivity contribution in [1.82, 2.24) is 34.0 Å². The van der Waals surface area contributed by atoms with E-state index in [2.05, 4.69) is 74.9 Å². The number of benzene rings is 3. The highest BCUT2D eigenvalue weighted by Crippen LogP contribution is 2.37. The molecule has 2 aliphatic heterocycles. The average Bonchev–Trinajstić information content (AvgIpc) is 3.88. The molecule has 11 nitrogen and oxygen atoms in total. The van der Waals surface area contributed by atoms with Crippen LogP contribution >= 0.6 is 0 Å². The van der Waals surface area contributed by atoms with Gasteiger partial charge in [0, 0.05) is 60.9 Å². The van der Waals surface area contributed by atoms with E-state index in [0.717, 1.165) is 88.5 Å². The van der Waals surface area contributed by atoms with Crippen LogP contribution < -0.4 is 4.74 Å². The summed E-state index contributed by atoms with van der Waals surface area (Å²) in [6.45, 7) is 22.4. The minimum atomic E-state index is -1.32. The van der Waals surface area contributed by atoms with Gasteiger partial charge in [-0.15, -0.1) is 0 Å². The Balaban J connectivity index is 1.24. The van der Waals surface area contributed by atoms with Gasteiger partial charge in [0.05, 0.1) is 30.0 Å². The number of aromatic nitrogens is 4. The summed E-state index contributed by atoms with van der Waals surface area (Å²) in [6.07, 6.45) is 0.703. The number of ether oxygens (including phenoxy) is 3. The number of rotatable bonds is 16. The summed E-state index contributed by atoms with van der Waals surface area (Å²) in [5, 5.41) is 6.13. The Bertz CT molecular complexity index is 2240. The van der Waals surface area contributed by atoms with Gasteiger partial charge in [0.1, 0.15) is 25.8 Å². The molecule has 1 saturated heterocycles. The van der Waals surface area contributed by atoms with Crippen LogP contribution in [0.4, 0.5) is 9.18 Å². The molecule has 2 aromatic heterocycles. The van der Waals surface area contributed by atoms with E-state index in [9.17, 15) is 4.79 Å². The van der Waals surface area contributed by atoms with E-state index in [-0.39, 0.29) is 18.5 Å². The molecular formula is C45H62FN7O4Si2. The number of urea groups is 1. The van der Waals surface area contributed by atoms with E-state index in [0.29, 0.717) is 51.9 Å². The number of fused-ring (bicyclic) bond motifs is 2. The first kappa shape index (κ1) is 42.8. The number of likely N-dealkylation sites (N-methyl/N-ethyl adjacent to an activating group) is 1. The predicted octanol–water partition coefficient (Wildman–Crippen LogP) is 9.15. The number of hydrogen-bond donors (Lipinski definition) is 0. The van der Waals surface area contributed by atoms with Crippen LogP contribution in [0.25, 0.3) is 33.5 Å². The zero-order valence-electron chi connectivity index (χ0n) is 36.3. The van der Waals surface area contributed by atoms with Gasteiger partial charge in [-0.05, 0) is 72.1 Å². The van der Waals surface area contributed by atoms with Crippen molar-refractivity contribution >= 4 is 33.1 Å². The molecule has 0 atom stereocenters. The van der Waals surface area contributed by atoms with Gasteiger partial charge in [0.15, 0.2) is 17.4 Å². The Morgan fingerprint density at radius 3 is 2.20 bits per heavy atom. The van der Waals surface area contributed by atoms with Crippen molar-refractivity contribution in [2.45, 2.75) is 97.9 Å². The lowest BCUT2D eigenvalue weighted by Crippen LogP contribution is -2.50. The first-order chi connectivity index (χ1) is 28.2. The van der Waals surface area contributed by atoms with E-state index >= 15 is 4.39 Å². The third-order valence-corrected chi connectivity index (χ3v) is 14.8. The van der Waals surface area contributed by atoms with Crippen molar-refractivity contribution in [3.8, 4) is 28.4 Å². The molecule has 2 amide bonds. The zero-order valence-corrected chi connectivity index (χ0v) is 38.3. The highest BCUT2D eigenvalue weighted by atomic mass is 28.3. The van der Waals surface area contributed by atoms with Crippen LogP contribution in [0, 0.1) is 5.82 Å². The van der Waals surface area contributed by atoms with Crippen LogP contribution in [0.2, 0.25) is 51.4 Å². The fraction of sp³-hybridized carbons (Fsp3) is 0.489. The van der Waals surface area contributed by atoms with Crippen molar-refractivity contribution in [3.05, 3.63) is 89.0 Å². The Labute approximate surface area is 351 Å². The largest absolute Gasteiger partial charge is 0.486 e. The zero-order chi connectivity index (χ0) is 41.9. The molecular weight excluding hydrogens is 778 g/mol. The number of nitrogens with zero attached hydrogens (tertiary/aromatic N) is 7. The first-order valence-corrected chi connectivity index (χ1v) is 28.6. The van der Waals surface area contributed by atoms with E-state index in [1.165, 1.54) is 0 Å². The number of imidazole rings is 1. The minimum Gasteiger partial charge on any atom is -0.486 e. The standard InChI is InChI=1S/C45H62FN7O4Si2/c1-9-34-26-42(57-30-33-13-11-10-12-14-33)38(46)27-37(34)35-15-16-36-40(25-35)53(32-56-22-24-59(6,7)8)48-43(36)44-47-39-28-51(45(54)50-19-17-49(2)18-20-50)29-41(39)52(44)31-55-21-23-58(3,4)5/h10-16,25-27H,9,17-24,28-32H2,1-8H3. The summed E-state index contributed by atoms with van der Waals surface area (Å²) in [7, 11) is -0.547. The molecule has 0 aliphatic carbocycles. The molecule has 316 valence electrons. The second kappa shape index (κ2) is 18.1. The number of halogens is 1. The number of piperazine rings is 1. The van der Waals surface area contributed by atoms with Crippen LogP contribution in [-0.2, 0) is 49.1 Å². The molecule has 59 heavy (non-hydrogen) atoms. The van der Waals surface area contributed by atoms with Crippen molar-refractivity contribution in [1.29, 1.82) is 0 Å². The maximum absolute atomic E-state index is 15.8. The lowest BCUT2D eigenvalue weighted by Gasteiger charge is -2.34. The van der Waals surface area contributed by atoms with Crippen molar-refractivity contribution < 1.29 is 23.4 Å². The average molecular weight is 840 g/mol. The maximum atomic E-state index is 15.8. The van der Waals surface area contributed by atoms with Crippen LogP contribution in [-0.4, -0.2) is 103 Å². The molecule has 0 spiro atoms. The fourth-order valence-electron chi connectivity index (χ4n) is 7.58. The van der Waals surface area contributed by atoms with Crippen LogP contribution in [0.5, 0.6) is 5.75 Å². The SMILES string of the molecule is CCc1cc(OCc2ccccc2)c(F)cc1-c1ccc2c(-c3nc4c(n3COCC[Si](C)(C)C)CN(C(=O)N3CCN(C)CC3)C4)nn(COCC[Si](C)(C)C)c2c1. The van der Waals surface area contributed by atoms with Crippen molar-refractivity contribution in [2.75, 3.05) is 46.4 Å². The molecule has 0 unspecified atom stereocenters. The van der Waals surface area contributed by atoms with E-state index < -0.39 is 22.0 Å². The predicted molar refractivity (Wildman–Crippen MR) is 238 cm³/mol. The lowest BCUT2D eigenvalue weighted by molar-refractivity contribution is 0.0813. The van der Waals surface area contributed by atoms with Crippen LogP contribution in [0.1, 0.15) is 29.4 Å². The molecule has 7 rings (SSSR count). The number of carbonyl (C=O) groups is 1. The summed E-state index contributed by atoms with van der Waals surface area (Å²) in [5.74, 6) is 0.561. The lowest BCUT2D eigenvalue weighted by atomic mass is 9.96. The van der Waals surface area contributed by atoms with E-state index in [1.54, 1.807) is 6.07 Å². The number of hydrogen-bond acceptors (Lipinski definition) is 7. The minimum absolute atomic E-state index is 0.0558. The highest BCUT2D eigenvalue weighted by molar-refractivity contribution is 6.76. The monoisotopic (exact) mass is 839 g/mol. The molecule has 4 heterocycles. The molecule has 2 aliphatic rings. The number of aryl methyl sites for hydroxylation is 1. The molecule has 3 aromatic carbocycles. The molecule has 0 bridgehead atoms. The second-order valence-corrected chi connectivity index (χ2v) is 29.8. The molecule has 14 heteroatoms. The fourth-order valence-corrected chi connectivity index (χ4v) is 9.09. The Hall–Kier alpha value is -4.35. The smallest absolute Gasteiger partial charge is 0.320 e. The Kier molecular flexibility index (Phi) is 13.1. The van der Waals surface area contributed by atoms with E-state index in [4.69, 9.17) is 24.3 Å². The van der Waals surface area contributed by atoms with Gasteiger partial charge in [0.2, 0.25) is 0 Å². The third kappa shape index (κ3) is 10.3. The molecule has 5 aromatic rings. The van der Waals surface area contributed by atoms with Crippen LogP contribution in [0.3, 0.4) is 0 Å². The second-order valence-electron chi connectivity index (χ2n) is 18.5. The van der Waals surface area contributed by atoms with Gasteiger partial charge in [-0.3, -0.25) is 0 Å². The maximum Gasteiger partial charge on any atom is 0.320 e. The third-order valence-electron chi connectivity index (χ3n) is 11.4. The summed E-state index contributed by atoms with van der Waals surface area (Å²) in [6, 6.07) is 21.6. The number of amides is 2. The quantitative estimate of drug-likeness (QED) is 0.0724. The van der Waals surface area contributed by atoms with Gasteiger partial charge >= 0.3 is 6.03 Å². The highest BCUT2D eigenvalue weighted by Gasteiger charge is 2.34. The molecule has 0 saturated carbocycles. The topological polar surface area (TPSA) is 90.1 Å². The van der Waals surface area contributed by atoms with Gasteiger partial charge in [-0.25, -0.2) is 18.9 Å². The van der Waals surface area contributed by atoms with Crippen LogP contribution in [0.15, 0.2) is 60.7 Å². The van der Waals surface area contributed by atoms with E-state index in [1.807, 2.05) is 56.9 Å². The van der Waals surface area contributed by atoms with Crippen molar-refractivity contribution in [2.24, 2.45) is 0 Å². The summed E-state index contributed by atoms with van der Waals surface area (Å²) < 4.78 is 38.5. The summed E-state index contributed by atoms with van der Waals surface area (Å²) in [5.41, 5.74) is 7.13. The van der Waals surface area contributed by atoms with Gasteiger partial charge in [-0.2, -0.15) is 5.10 Å². The molecule has 0 N–H and O–H groups in total. The van der Waals surface area contributed by atoms with Gasteiger partial charge in [-0.1, -0.05) is 82.6 Å². The van der Waals surface area contributed by atoms with Gasteiger partial charge in [0.25, 0.3) is 0 Å². The van der Waals surface area contributed by atoms with Crippen molar-refractivity contribution in [3.63, 3.8) is 0 Å². The van der Waals surface area contributed by atoms with Gasteiger partial charge < -0.3 is 33.5 Å². The molecule has 1 fully saturated rings. The number of carbonyl (C=O) groups excluding carboxylic acids is 1. The Morgan fingerprint density at radius 1 is 0.831 bits per heavy atom. The normalized spacial score (nSPS) is 15.1. The summed E-state index contributed by atoms with van der Waals surface area (Å²) in [4.78, 5) is 25.1.